The molecule has 1 fully saturated rings. The lowest BCUT2D eigenvalue weighted by Gasteiger charge is -2.26. The fourth-order valence-corrected chi connectivity index (χ4v) is 3.38. The first-order chi connectivity index (χ1) is 14.8. The molecule has 1 aromatic carbocycles. The van der Waals surface area contributed by atoms with E-state index in [-0.39, 0.29) is 0 Å². The maximum Gasteiger partial charge on any atom is 0.191 e. The maximum absolute atomic E-state index is 5.72. The molecule has 0 amide bonds. The standard InChI is InChI=1S/C23H40N4O3/c1-4-24-23(25-12-7-8-14-27-15-17-28-18-16-27)26-13-11-20-9-10-21(29-5-2)22(19-20)30-6-3/h9-10,19H,4-8,11-18H2,1-3H3,(H2,24,25,26). The van der Waals surface area contributed by atoms with Crippen molar-refractivity contribution in [1.82, 2.24) is 15.5 Å². The van der Waals surface area contributed by atoms with Gasteiger partial charge in [-0.2, -0.15) is 0 Å². The van der Waals surface area contributed by atoms with Crippen LogP contribution in [0.4, 0.5) is 0 Å². The fraction of sp³-hybridized carbons (Fsp3) is 0.696. The molecule has 0 spiro atoms. The highest BCUT2D eigenvalue weighted by molar-refractivity contribution is 5.79. The summed E-state index contributed by atoms with van der Waals surface area (Å²) in [6.45, 7) is 14.9. The van der Waals surface area contributed by atoms with E-state index >= 15 is 0 Å². The highest BCUT2D eigenvalue weighted by atomic mass is 16.5. The summed E-state index contributed by atoms with van der Waals surface area (Å²) in [6.07, 6.45) is 3.17. The van der Waals surface area contributed by atoms with Gasteiger partial charge in [-0.25, -0.2) is 0 Å². The third-order valence-electron chi connectivity index (χ3n) is 4.91. The fourth-order valence-electron chi connectivity index (χ4n) is 3.38. The van der Waals surface area contributed by atoms with E-state index in [1.807, 2.05) is 19.9 Å². The topological polar surface area (TPSA) is 67.4 Å². The van der Waals surface area contributed by atoms with Crippen LogP contribution in [0.25, 0.3) is 0 Å². The molecule has 30 heavy (non-hydrogen) atoms. The van der Waals surface area contributed by atoms with Gasteiger partial charge in [0, 0.05) is 32.7 Å². The van der Waals surface area contributed by atoms with Crippen LogP contribution >= 0.6 is 0 Å². The maximum atomic E-state index is 5.72. The van der Waals surface area contributed by atoms with Gasteiger partial charge >= 0.3 is 0 Å². The minimum atomic E-state index is 0.630. The minimum Gasteiger partial charge on any atom is -0.490 e. The molecule has 1 aromatic rings. The monoisotopic (exact) mass is 420 g/mol. The number of nitrogens with zero attached hydrogens (tertiary/aromatic N) is 2. The predicted octanol–water partition coefficient (Wildman–Crippen LogP) is 2.69. The smallest absolute Gasteiger partial charge is 0.191 e. The summed E-state index contributed by atoms with van der Waals surface area (Å²) >= 11 is 0. The van der Waals surface area contributed by atoms with Gasteiger partial charge in [0.25, 0.3) is 0 Å². The van der Waals surface area contributed by atoms with Gasteiger partial charge in [-0.1, -0.05) is 6.07 Å². The Kier molecular flexibility index (Phi) is 12.1. The molecule has 7 heteroatoms. The largest absolute Gasteiger partial charge is 0.490 e. The lowest BCUT2D eigenvalue weighted by atomic mass is 10.1. The number of benzene rings is 1. The lowest BCUT2D eigenvalue weighted by molar-refractivity contribution is 0.0373. The molecule has 7 nitrogen and oxygen atoms in total. The van der Waals surface area contributed by atoms with E-state index in [0.29, 0.717) is 13.2 Å². The molecule has 1 aliphatic heterocycles. The van der Waals surface area contributed by atoms with Crippen LogP contribution in [-0.2, 0) is 11.2 Å². The number of hydrogen-bond acceptors (Lipinski definition) is 5. The molecule has 0 saturated carbocycles. The molecular weight excluding hydrogens is 380 g/mol. The SMILES string of the molecule is CCNC(=NCCCCN1CCOCC1)NCCc1ccc(OCC)c(OCC)c1. The van der Waals surface area contributed by atoms with Crippen LogP contribution < -0.4 is 20.1 Å². The first-order valence-corrected chi connectivity index (χ1v) is 11.5. The number of morpholine rings is 1. The Labute approximate surface area is 182 Å². The Balaban J connectivity index is 1.73. The molecule has 0 aliphatic carbocycles. The predicted molar refractivity (Wildman–Crippen MR) is 123 cm³/mol. The van der Waals surface area contributed by atoms with Crippen molar-refractivity contribution < 1.29 is 14.2 Å². The molecule has 2 rings (SSSR count). The minimum absolute atomic E-state index is 0.630. The molecule has 0 atom stereocenters. The van der Waals surface area contributed by atoms with E-state index in [4.69, 9.17) is 19.2 Å². The van der Waals surface area contributed by atoms with Crippen LogP contribution in [0.3, 0.4) is 0 Å². The zero-order valence-electron chi connectivity index (χ0n) is 19.0. The number of rotatable bonds is 13. The highest BCUT2D eigenvalue weighted by Gasteiger charge is 2.09. The second-order valence-electron chi connectivity index (χ2n) is 7.25. The number of hydrogen-bond donors (Lipinski definition) is 2. The molecule has 2 N–H and O–H groups in total. The Bertz CT molecular complexity index is 618. The van der Waals surface area contributed by atoms with Crippen LogP contribution in [0.15, 0.2) is 23.2 Å². The molecule has 170 valence electrons. The third kappa shape index (κ3) is 9.22. The van der Waals surface area contributed by atoms with Gasteiger partial charge in [0.1, 0.15) is 0 Å². The zero-order valence-corrected chi connectivity index (χ0v) is 19.0. The average Bonchev–Trinajstić information content (AvgIpc) is 2.76. The van der Waals surface area contributed by atoms with Gasteiger partial charge in [0.05, 0.1) is 26.4 Å². The lowest BCUT2D eigenvalue weighted by Crippen LogP contribution is -2.38. The van der Waals surface area contributed by atoms with Crippen LogP contribution in [0.2, 0.25) is 0 Å². The van der Waals surface area contributed by atoms with Crippen LogP contribution in [0.5, 0.6) is 11.5 Å². The Morgan fingerprint density at radius 1 is 1.03 bits per heavy atom. The van der Waals surface area contributed by atoms with Crippen molar-refractivity contribution >= 4 is 5.96 Å². The molecule has 0 aromatic heterocycles. The van der Waals surface area contributed by atoms with Crippen molar-refractivity contribution in [2.45, 2.75) is 40.0 Å². The van der Waals surface area contributed by atoms with Gasteiger partial charge in [-0.15, -0.1) is 0 Å². The number of ether oxygens (including phenoxy) is 3. The number of guanidine groups is 1. The molecule has 1 heterocycles. The third-order valence-corrected chi connectivity index (χ3v) is 4.91. The Hall–Kier alpha value is -1.99. The van der Waals surface area contributed by atoms with Crippen LogP contribution in [-0.4, -0.2) is 76.6 Å². The van der Waals surface area contributed by atoms with Crippen molar-refractivity contribution in [2.75, 3.05) is 65.7 Å². The first-order valence-electron chi connectivity index (χ1n) is 11.5. The van der Waals surface area contributed by atoms with E-state index in [0.717, 1.165) is 82.8 Å². The molecule has 0 radical (unpaired) electrons. The molecular formula is C23H40N4O3. The molecule has 0 bridgehead atoms. The van der Waals surface area contributed by atoms with Gasteiger partial charge in [-0.3, -0.25) is 9.89 Å². The number of unbranched alkanes of at least 4 members (excludes halogenated alkanes) is 1. The van der Waals surface area contributed by atoms with Crippen LogP contribution in [0, 0.1) is 0 Å². The van der Waals surface area contributed by atoms with Crippen molar-refractivity contribution in [3.63, 3.8) is 0 Å². The highest BCUT2D eigenvalue weighted by Crippen LogP contribution is 2.28. The quantitative estimate of drug-likeness (QED) is 0.291. The van der Waals surface area contributed by atoms with E-state index in [2.05, 4.69) is 34.6 Å². The van der Waals surface area contributed by atoms with Gasteiger partial charge < -0.3 is 24.8 Å². The summed E-state index contributed by atoms with van der Waals surface area (Å²) in [5.41, 5.74) is 1.22. The van der Waals surface area contributed by atoms with E-state index in [1.165, 1.54) is 12.0 Å². The van der Waals surface area contributed by atoms with E-state index in [1.54, 1.807) is 0 Å². The average molecular weight is 421 g/mol. The summed E-state index contributed by atoms with van der Waals surface area (Å²) in [5, 5.41) is 6.77. The summed E-state index contributed by atoms with van der Waals surface area (Å²) in [6, 6.07) is 6.17. The van der Waals surface area contributed by atoms with Crippen molar-refractivity contribution in [2.24, 2.45) is 4.99 Å². The van der Waals surface area contributed by atoms with Gasteiger partial charge in [0.2, 0.25) is 0 Å². The van der Waals surface area contributed by atoms with Crippen molar-refractivity contribution in [1.29, 1.82) is 0 Å². The molecule has 1 saturated heterocycles. The second-order valence-corrected chi connectivity index (χ2v) is 7.25. The van der Waals surface area contributed by atoms with Crippen LogP contribution in [0.1, 0.15) is 39.2 Å². The molecule has 1 aliphatic rings. The summed E-state index contributed by atoms with van der Waals surface area (Å²) < 4.78 is 16.8. The van der Waals surface area contributed by atoms with E-state index < -0.39 is 0 Å². The van der Waals surface area contributed by atoms with Crippen molar-refractivity contribution in [3.05, 3.63) is 23.8 Å². The summed E-state index contributed by atoms with van der Waals surface area (Å²) in [5.74, 6) is 2.51. The second kappa shape index (κ2) is 14.9. The Morgan fingerprint density at radius 2 is 1.80 bits per heavy atom. The van der Waals surface area contributed by atoms with Crippen molar-refractivity contribution in [3.8, 4) is 11.5 Å². The number of nitrogens with one attached hydrogen (secondary N) is 2. The van der Waals surface area contributed by atoms with Gasteiger partial charge in [0.15, 0.2) is 17.5 Å². The van der Waals surface area contributed by atoms with E-state index in [9.17, 15) is 0 Å². The first kappa shape index (κ1) is 24.3. The van der Waals surface area contributed by atoms with Gasteiger partial charge in [-0.05, 0) is 64.3 Å². The molecule has 0 unspecified atom stereocenters. The Morgan fingerprint density at radius 3 is 2.53 bits per heavy atom. The zero-order chi connectivity index (χ0) is 21.4. The normalized spacial score (nSPS) is 15.1. The number of aliphatic imine (C=N–C) groups is 1. The summed E-state index contributed by atoms with van der Waals surface area (Å²) in [4.78, 5) is 7.20. The summed E-state index contributed by atoms with van der Waals surface area (Å²) in [7, 11) is 0.